The molecule has 2 rings (SSSR count). The molecule has 0 unspecified atom stereocenters. The summed E-state index contributed by atoms with van der Waals surface area (Å²) in [7, 11) is 2.08. The van der Waals surface area contributed by atoms with Gasteiger partial charge in [-0.15, -0.1) is 0 Å². The molecule has 0 aliphatic carbocycles. The van der Waals surface area contributed by atoms with Crippen LogP contribution in [0.5, 0.6) is 0 Å². The fourth-order valence-electron chi connectivity index (χ4n) is 2.52. The maximum Gasteiger partial charge on any atom is 0.417 e. The maximum absolute atomic E-state index is 12.7. The summed E-state index contributed by atoms with van der Waals surface area (Å²) in [5.41, 5.74) is -0.649. The summed E-state index contributed by atoms with van der Waals surface area (Å²) < 4.78 is 38.1. The van der Waals surface area contributed by atoms with Gasteiger partial charge < -0.3 is 10.2 Å². The number of piperidine rings is 1. The van der Waals surface area contributed by atoms with Crippen molar-refractivity contribution in [2.75, 3.05) is 32.0 Å². The first-order chi connectivity index (χ1) is 9.90. The highest BCUT2D eigenvalue weighted by Crippen LogP contribution is 2.33. The summed E-state index contributed by atoms with van der Waals surface area (Å²) in [4.78, 5) is 2.27. The summed E-state index contributed by atoms with van der Waals surface area (Å²) in [6, 6.07) is 5.25. The van der Waals surface area contributed by atoms with E-state index in [1.54, 1.807) is 6.07 Å². The lowest BCUT2D eigenvalue weighted by atomic mass is 9.97. The molecule has 21 heavy (non-hydrogen) atoms. The molecule has 114 valence electrons. The van der Waals surface area contributed by atoms with Crippen LogP contribution in [-0.4, -0.2) is 31.6 Å². The first kappa shape index (κ1) is 15.6. The lowest BCUT2D eigenvalue weighted by Crippen LogP contribution is -2.32. The summed E-state index contributed by atoms with van der Waals surface area (Å²) in [5, 5.41) is 12.0. The molecule has 0 spiro atoms. The molecule has 3 nitrogen and oxygen atoms in total. The Hall–Kier alpha value is -1.74. The van der Waals surface area contributed by atoms with Crippen molar-refractivity contribution in [3.05, 3.63) is 29.3 Å². The second-order valence-electron chi connectivity index (χ2n) is 5.50. The second kappa shape index (κ2) is 6.35. The van der Waals surface area contributed by atoms with E-state index < -0.39 is 11.7 Å². The molecule has 1 aromatic carbocycles. The number of nitrogens with one attached hydrogen (secondary N) is 1. The Labute approximate surface area is 122 Å². The van der Waals surface area contributed by atoms with Gasteiger partial charge in [-0.05, 0) is 57.1 Å². The molecular weight excluding hydrogens is 279 g/mol. The van der Waals surface area contributed by atoms with E-state index in [0.29, 0.717) is 11.6 Å². The number of rotatable bonds is 3. The monoisotopic (exact) mass is 297 g/mol. The van der Waals surface area contributed by atoms with E-state index >= 15 is 0 Å². The second-order valence-corrected chi connectivity index (χ2v) is 5.50. The number of nitriles is 1. The number of hydrogen-bond acceptors (Lipinski definition) is 3. The standard InChI is InChI=1S/C15H18F3N3/c1-21-6-4-11(5-7-21)10-20-13-2-3-14(15(16,17)18)12(8-13)9-19/h2-3,8,11,20H,4-7,10H2,1H3. The number of benzene rings is 1. The van der Waals surface area contributed by atoms with E-state index in [4.69, 9.17) is 5.26 Å². The molecule has 0 bridgehead atoms. The fraction of sp³-hybridized carbons (Fsp3) is 0.533. The molecule has 1 saturated heterocycles. The van der Waals surface area contributed by atoms with E-state index in [9.17, 15) is 13.2 Å². The molecule has 1 aliphatic heterocycles. The molecule has 0 saturated carbocycles. The first-order valence-electron chi connectivity index (χ1n) is 6.94. The predicted octanol–water partition coefficient (Wildman–Crippen LogP) is 3.33. The highest BCUT2D eigenvalue weighted by molar-refractivity contribution is 5.53. The Bertz CT molecular complexity index is 526. The highest BCUT2D eigenvalue weighted by Gasteiger charge is 2.33. The van der Waals surface area contributed by atoms with Gasteiger partial charge in [0.1, 0.15) is 0 Å². The van der Waals surface area contributed by atoms with Gasteiger partial charge in [-0.25, -0.2) is 0 Å². The molecule has 0 atom stereocenters. The van der Waals surface area contributed by atoms with Gasteiger partial charge in [0, 0.05) is 12.2 Å². The molecule has 1 fully saturated rings. The van der Waals surface area contributed by atoms with E-state index in [1.807, 2.05) is 0 Å². The van der Waals surface area contributed by atoms with Crippen LogP contribution in [0, 0.1) is 17.2 Å². The van der Waals surface area contributed by atoms with Crippen LogP contribution in [0.25, 0.3) is 0 Å². The van der Waals surface area contributed by atoms with Crippen LogP contribution in [0.4, 0.5) is 18.9 Å². The van der Waals surface area contributed by atoms with Crippen molar-refractivity contribution in [2.45, 2.75) is 19.0 Å². The van der Waals surface area contributed by atoms with Gasteiger partial charge in [0.15, 0.2) is 0 Å². The third kappa shape index (κ3) is 4.11. The number of halogens is 3. The Morgan fingerprint density at radius 1 is 1.33 bits per heavy atom. The SMILES string of the molecule is CN1CCC(CNc2ccc(C(F)(F)F)c(C#N)c2)CC1. The van der Waals surface area contributed by atoms with Crippen molar-refractivity contribution in [3.8, 4) is 6.07 Å². The Morgan fingerprint density at radius 3 is 2.57 bits per heavy atom. The van der Waals surface area contributed by atoms with Crippen LogP contribution in [-0.2, 0) is 6.18 Å². The molecule has 1 aliphatic rings. The van der Waals surface area contributed by atoms with Crippen molar-refractivity contribution < 1.29 is 13.2 Å². The number of hydrogen-bond donors (Lipinski definition) is 1. The van der Waals surface area contributed by atoms with Gasteiger partial charge in [-0.2, -0.15) is 18.4 Å². The highest BCUT2D eigenvalue weighted by atomic mass is 19.4. The Kier molecular flexibility index (Phi) is 4.73. The third-order valence-corrected chi connectivity index (χ3v) is 3.88. The average molecular weight is 297 g/mol. The maximum atomic E-state index is 12.7. The van der Waals surface area contributed by atoms with Gasteiger partial charge in [-0.3, -0.25) is 0 Å². The van der Waals surface area contributed by atoms with E-state index in [-0.39, 0.29) is 5.56 Å². The van der Waals surface area contributed by atoms with Crippen molar-refractivity contribution in [1.82, 2.24) is 4.90 Å². The number of nitrogens with zero attached hydrogens (tertiary/aromatic N) is 2. The topological polar surface area (TPSA) is 39.1 Å². The summed E-state index contributed by atoms with van der Waals surface area (Å²) in [6.07, 6.45) is -2.33. The Morgan fingerprint density at radius 2 is 2.00 bits per heavy atom. The largest absolute Gasteiger partial charge is 0.417 e. The van der Waals surface area contributed by atoms with Crippen molar-refractivity contribution >= 4 is 5.69 Å². The minimum Gasteiger partial charge on any atom is -0.385 e. The Balaban J connectivity index is 2.00. The zero-order chi connectivity index (χ0) is 15.5. The van der Waals surface area contributed by atoms with Gasteiger partial charge in [0.2, 0.25) is 0 Å². The molecule has 1 aromatic rings. The fourth-order valence-corrected chi connectivity index (χ4v) is 2.52. The van der Waals surface area contributed by atoms with Crippen LogP contribution in [0.1, 0.15) is 24.0 Å². The third-order valence-electron chi connectivity index (χ3n) is 3.88. The molecule has 1 heterocycles. The lowest BCUT2D eigenvalue weighted by molar-refractivity contribution is -0.137. The minimum atomic E-state index is -4.49. The van der Waals surface area contributed by atoms with Gasteiger partial charge in [0.25, 0.3) is 0 Å². The zero-order valence-corrected chi connectivity index (χ0v) is 11.9. The molecular formula is C15H18F3N3. The predicted molar refractivity (Wildman–Crippen MR) is 74.9 cm³/mol. The molecule has 0 radical (unpaired) electrons. The molecule has 1 N–H and O–H groups in total. The van der Waals surface area contributed by atoms with E-state index in [1.165, 1.54) is 12.1 Å². The zero-order valence-electron chi connectivity index (χ0n) is 11.9. The molecule has 0 aromatic heterocycles. The van der Waals surface area contributed by atoms with Gasteiger partial charge >= 0.3 is 6.18 Å². The summed E-state index contributed by atoms with van der Waals surface area (Å²) >= 11 is 0. The van der Waals surface area contributed by atoms with Crippen LogP contribution < -0.4 is 5.32 Å². The van der Waals surface area contributed by atoms with Crippen LogP contribution >= 0.6 is 0 Å². The number of anilines is 1. The van der Waals surface area contributed by atoms with Gasteiger partial charge in [0.05, 0.1) is 17.2 Å². The van der Waals surface area contributed by atoms with Crippen LogP contribution in [0.2, 0.25) is 0 Å². The van der Waals surface area contributed by atoms with Gasteiger partial charge in [-0.1, -0.05) is 0 Å². The van der Waals surface area contributed by atoms with E-state index in [2.05, 4.69) is 17.3 Å². The minimum absolute atomic E-state index is 0.337. The number of alkyl halides is 3. The summed E-state index contributed by atoms with van der Waals surface area (Å²) in [5.74, 6) is 0.522. The molecule has 6 heteroatoms. The van der Waals surface area contributed by atoms with Crippen molar-refractivity contribution in [3.63, 3.8) is 0 Å². The number of likely N-dealkylation sites (tertiary alicyclic amines) is 1. The first-order valence-corrected chi connectivity index (χ1v) is 6.94. The van der Waals surface area contributed by atoms with Crippen LogP contribution in [0.3, 0.4) is 0 Å². The average Bonchev–Trinajstić information content (AvgIpc) is 2.45. The normalized spacial score (nSPS) is 17.5. The molecule has 0 amide bonds. The van der Waals surface area contributed by atoms with Crippen molar-refractivity contribution in [1.29, 1.82) is 5.26 Å². The summed E-state index contributed by atoms with van der Waals surface area (Å²) in [6.45, 7) is 2.82. The van der Waals surface area contributed by atoms with E-state index in [0.717, 1.165) is 38.5 Å². The van der Waals surface area contributed by atoms with Crippen LogP contribution in [0.15, 0.2) is 18.2 Å². The smallest absolute Gasteiger partial charge is 0.385 e. The quantitative estimate of drug-likeness (QED) is 0.930. The lowest BCUT2D eigenvalue weighted by Gasteiger charge is -2.29. The van der Waals surface area contributed by atoms with Crippen molar-refractivity contribution in [2.24, 2.45) is 5.92 Å².